The second kappa shape index (κ2) is 10.1. The fourth-order valence-electron chi connectivity index (χ4n) is 3.84. The summed E-state index contributed by atoms with van der Waals surface area (Å²) in [6.45, 7) is 4.96. The van der Waals surface area contributed by atoms with Gasteiger partial charge in [0.25, 0.3) is 5.56 Å². The molecule has 0 bridgehead atoms. The van der Waals surface area contributed by atoms with Gasteiger partial charge in [0.2, 0.25) is 0 Å². The molecule has 0 amide bonds. The number of thiazole rings is 1. The molecule has 0 saturated heterocycles. The molecule has 1 aliphatic heterocycles. The van der Waals surface area contributed by atoms with Gasteiger partial charge in [-0.2, -0.15) is 0 Å². The Hall–Kier alpha value is -3.98. The van der Waals surface area contributed by atoms with Crippen molar-refractivity contribution in [1.29, 1.82) is 0 Å². The molecule has 1 aromatic heterocycles. The number of carbonyl (C=O) groups excluding carboxylic acids is 2. The maximum atomic E-state index is 13.6. The maximum absolute atomic E-state index is 13.6. The van der Waals surface area contributed by atoms with Crippen molar-refractivity contribution in [2.24, 2.45) is 4.99 Å². The van der Waals surface area contributed by atoms with Gasteiger partial charge in [0.15, 0.2) is 4.80 Å². The smallest absolute Gasteiger partial charge is 0.338 e. The SMILES string of the molecule is CCOC(=O)C1=C(C)N=c2sc(=Cc3ccc(OC)cc3)c(=O)n2C1c1ccc(OC(C)=O)cc1. The van der Waals surface area contributed by atoms with Crippen LogP contribution in [0.25, 0.3) is 6.08 Å². The Kier molecular flexibility index (Phi) is 6.97. The van der Waals surface area contributed by atoms with Gasteiger partial charge in [0.1, 0.15) is 11.5 Å². The Balaban J connectivity index is 1.88. The van der Waals surface area contributed by atoms with Crippen LogP contribution in [0, 0.1) is 0 Å². The number of nitrogens with zero attached hydrogens (tertiary/aromatic N) is 2. The molecule has 1 unspecified atom stereocenters. The van der Waals surface area contributed by atoms with E-state index in [1.54, 1.807) is 51.3 Å². The molecule has 9 heteroatoms. The number of aromatic nitrogens is 1. The van der Waals surface area contributed by atoms with Gasteiger partial charge < -0.3 is 14.2 Å². The molecule has 1 aliphatic rings. The molecule has 0 fully saturated rings. The predicted octanol–water partition coefficient (Wildman–Crippen LogP) is 2.73. The lowest BCUT2D eigenvalue weighted by atomic mass is 9.96. The third-order valence-corrected chi connectivity index (χ3v) is 6.37. The molecule has 35 heavy (non-hydrogen) atoms. The molecule has 0 spiro atoms. The summed E-state index contributed by atoms with van der Waals surface area (Å²) in [6, 6.07) is 13.3. The summed E-state index contributed by atoms with van der Waals surface area (Å²) in [5.74, 6) is 0.113. The Morgan fingerprint density at radius 1 is 1.09 bits per heavy atom. The normalized spacial score (nSPS) is 15.3. The van der Waals surface area contributed by atoms with E-state index >= 15 is 0 Å². The van der Waals surface area contributed by atoms with Crippen LogP contribution < -0.4 is 24.4 Å². The fourth-order valence-corrected chi connectivity index (χ4v) is 4.89. The van der Waals surface area contributed by atoms with Gasteiger partial charge in [-0.3, -0.25) is 14.2 Å². The number of benzene rings is 2. The quantitative estimate of drug-likeness (QED) is 0.388. The van der Waals surface area contributed by atoms with Gasteiger partial charge in [-0.1, -0.05) is 35.6 Å². The van der Waals surface area contributed by atoms with Gasteiger partial charge >= 0.3 is 11.9 Å². The van der Waals surface area contributed by atoms with Crippen molar-refractivity contribution in [3.05, 3.63) is 90.6 Å². The average molecular weight is 493 g/mol. The highest BCUT2D eigenvalue weighted by Crippen LogP contribution is 2.31. The summed E-state index contributed by atoms with van der Waals surface area (Å²) in [6.07, 6.45) is 1.79. The van der Waals surface area contributed by atoms with E-state index in [9.17, 15) is 14.4 Å². The number of allylic oxidation sites excluding steroid dienone is 1. The Morgan fingerprint density at radius 3 is 2.34 bits per heavy atom. The number of fused-ring (bicyclic) bond motifs is 1. The van der Waals surface area contributed by atoms with Gasteiger partial charge in [-0.05, 0) is 55.3 Å². The summed E-state index contributed by atoms with van der Waals surface area (Å²) in [5.41, 5.74) is 1.99. The molecule has 1 atom stereocenters. The van der Waals surface area contributed by atoms with E-state index in [4.69, 9.17) is 14.2 Å². The van der Waals surface area contributed by atoms with E-state index in [2.05, 4.69) is 4.99 Å². The van der Waals surface area contributed by atoms with Crippen molar-refractivity contribution in [3.8, 4) is 11.5 Å². The summed E-state index contributed by atoms with van der Waals surface area (Å²) in [5, 5.41) is 0. The predicted molar refractivity (Wildman–Crippen MR) is 131 cm³/mol. The number of ether oxygens (including phenoxy) is 3. The largest absolute Gasteiger partial charge is 0.497 e. The van der Waals surface area contributed by atoms with Crippen LogP contribution in [-0.4, -0.2) is 30.2 Å². The van der Waals surface area contributed by atoms with Crippen molar-refractivity contribution >= 4 is 29.4 Å². The van der Waals surface area contributed by atoms with Crippen molar-refractivity contribution in [2.45, 2.75) is 26.8 Å². The first-order valence-corrected chi connectivity index (χ1v) is 11.8. The van der Waals surface area contributed by atoms with Crippen LogP contribution in [0.2, 0.25) is 0 Å². The first-order chi connectivity index (χ1) is 16.8. The highest BCUT2D eigenvalue weighted by molar-refractivity contribution is 7.07. The minimum Gasteiger partial charge on any atom is -0.497 e. The minimum atomic E-state index is -0.741. The second-order valence-electron chi connectivity index (χ2n) is 7.74. The number of hydrogen-bond donors (Lipinski definition) is 0. The number of methoxy groups -OCH3 is 1. The summed E-state index contributed by atoms with van der Waals surface area (Å²) >= 11 is 1.25. The lowest BCUT2D eigenvalue weighted by molar-refractivity contribution is -0.139. The van der Waals surface area contributed by atoms with Crippen molar-refractivity contribution in [1.82, 2.24) is 4.57 Å². The number of rotatable bonds is 6. The second-order valence-corrected chi connectivity index (χ2v) is 8.75. The highest BCUT2D eigenvalue weighted by Gasteiger charge is 2.33. The zero-order valence-corrected chi connectivity index (χ0v) is 20.5. The third kappa shape index (κ3) is 4.95. The van der Waals surface area contributed by atoms with Crippen LogP contribution in [0.3, 0.4) is 0 Å². The maximum Gasteiger partial charge on any atom is 0.338 e. The van der Waals surface area contributed by atoms with Crippen LogP contribution in [0.5, 0.6) is 11.5 Å². The van der Waals surface area contributed by atoms with E-state index in [1.165, 1.54) is 22.8 Å². The third-order valence-electron chi connectivity index (χ3n) is 5.39. The molecule has 0 N–H and O–H groups in total. The molecule has 2 heterocycles. The molecule has 0 aliphatic carbocycles. The van der Waals surface area contributed by atoms with Gasteiger partial charge in [-0.15, -0.1) is 0 Å². The van der Waals surface area contributed by atoms with E-state index in [0.717, 1.165) is 11.3 Å². The Morgan fingerprint density at radius 2 is 1.74 bits per heavy atom. The van der Waals surface area contributed by atoms with E-state index in [-0.39, 0.29) is 17.7 Å². The lowest BCUT2D eigenvalue weighted by Crippen LogP contribution is -2.39. The Labute approximate surface area is 205 Å². The van der Waals surface area contributed by atoms with Crippen LogP contribution in [0.1, 0.15) is 37.9 Å². The van der Waals surface area contributed by atoms with Gasteiger partial charge in [0, 0.05) is 6.92 Å². The van der Waals surface area contributed by atoms with E-state index in [1.807, 2.05) is 24.3 Å². The first kappa shape index (κ1) is 24.2. The molecule has 8 nitrogen and oxygen atoms in total. The molecular weight excluding hydrogens is 468 g/mol. The summed E-state index contributed by atoms with van der Waals surface area (Å²) in [4.78, 5) is 42.9. The minimum absolute atomic E-state index is 0.190. The molecule has 180 valence electrons. The standard InChI is InChI=1S/C26H24N2O6S/c1-5-33-25(31)22-15(2)27-26-28(23(22)18-8-12-20(13-9-18)34-16(3)29)24(30)21(35-26)14-17-6-10-19(32-4)11-7-17/h6-14,23H,5H2,1-4H3. The lowest BCUT2D eigenvalue weighted by Gasteiger charge is -2.24. The van der Waals surface area contributed by atoms with Crippen LogP contribution in [-0.2, 0) is 14.3 Å². The van der Waals surface area contributed by atoms with Gasteiger partial charge in [-0.25, -0.2) is 9.79 Å². The topological polar surface area (TPSA) is 96.2 Å². The molecule has 4 rings (SSSR count). The van der Waals surface area contributed by atoms with Crippen molar-refractivity contribution in [2.75, 3.05) is 13.7 Å². The Bertz CT molecular complexity index is 1480. The number of esters is 2. The van der Waals surface area contributed by atoms with Crippen molar-refractivity contribution in [3.63, 3.8) is 0 Å². The van der Waals surface area contributed by atoms with Crippen LogP contribution in [0.15, 0.2) is 69.6 Å². The molecule has 0 radical (unpaired) electrons. The summed E-state index contributed by atoms with van der Waals surface area (Å²) < 4.78 is 17.6. The summed E-state index contributed by atoms with van der Waals surface area (Å²) in [7, 11) is 1.59. The van der Waals surface area contributed by atoms with E-state index in [0.29, 0.717) is 26.3 Å². The first-order valence-electron chi connectivity index (χ1n) is 10.9. The zero-order chi connectivity index (χ0) is 25.1. The monoisotopic (exact) mass is 492 g/mol. The molecule has 0 saturated carbocycles. The average Bonchev–Trinajstić information content (AvgIpc) is 3.13. The fraction of sp³-hybridized carbons (Fsp3) is 0.231. The number of carbonyl (C=O) groups is 2. The van der Waals surface area contributed by atoms with E-state index < -0.39 is 18.0 Å². The van der Waals surface area contributed by atoms with Crippen LogP contribution in [0.4, 0.5) is 0 Å². The molecule has 3 aromatic rings. The van der Waals surface area contributed by atoms with Crippen LogP contribution >= 0.6 is 11.3 Å². The molecular formula is C26H24N2O6S. The van der Waals surface area contributed by atoms with Gasteiger partial charge in [0.05, 0.1) is 35.6 Å². The zero-order valence-electron chi connectivity index (χ0n) is 19.7. The molecule has 2 aromatic carbocycles. The highest BCUT2D eigenvalue weighted by atomic mass is 32.1. The number of hydrogen-bond acceptors (Lipinski definition) is 8. The van der Waals surface area contributed by atoms with Crippen molar-refractivity contribution < 1.29 is 23.8 Å².